The molecule has 4 rings (SSSR count). The van der Waals surface area contributed by atoms with Crippen molar-refractivity contribution in [1.29, 1.82) is 0 Å². The molecule has 0 bridgehead atoms. The predicted molar refractivity (Wildman–Crippen MR) is 127 cm³/mol. The van der Waals surface area contributed by atoms with E-state index in [2.05, 4.69) is 59.1 Å². The van der Waals surface area contributed by atoms with Gasteiger partial charge in [-0.1, -0.05) is 29.8 Å². The molecule has 5 nitrogen and oxygen atoms in total. The fourth-order valence-electron chi connectivity index (χ4n) is 4.02. The number of hydrogen-bond donors (Lipinski definition) is 0. The summed E-state index contributed by atoms with van der Waals surface area (Å²) in [5.74, 6) is 0. The first kappa shape index (κ1) is 21.5. The van der Waals surface area contributed by atoms with E-state index in [-0.39, 0.29) is 0 Å². The average Bonchev–Trinajstić information content (AvgIpc) is 3.17. The van der Waals surface area contributed by atoms with Crippen molar-refractivity contribution in [3.8, 4) is 11.3 Å². The molecule has 0 N–H and O–H groups in total. The SMILES string of the molecule is Cc1cc(C)c(-c2csc(N3CCN(S(=O)(=O)c4ccccc4Br)CC3)n2)c(C)c1. The second-order valence-electron chi connectivity index (χ2n) is 7.61. The van der Waals surface area contributed by atoms with E-state index in [1.807, 2.05) is 6.07 Å². The highest BCUT2D eigenvalue weighted by Crippen LogP contribution is 2.33. The molecule has 0 atom stereocenters. The number of piperazine rings is 1. The van der Waals surface area contributed by atoms with E-state index >= 15 is 0 Å². The quantitative estimate of drug-likeness (QED) is 0.500. The number of halogens is 1. The van der Waals surface area contributed by atoms with Crippen LogP contribution in [0.2, 0.25) is 0 Å². The maximum absolute atomic E-state index is 13.0. The molecule has 0 saturated carbocycles. The molecule has 0 radical (unpaired) electrons. The highest BCUT2D eigenvalue weighted by Gasteiger charge is 2.30. The molecule has 1 saturated heterocycles. The number of hydrogen-bond acceptors (Lipinski definition) is 5. The van der Waals surface area contributed by atoms with Crippen LogP contribution in [-0.2, 0) is 10.0 Å². The van der Waals surface area contributed by atoms with Gasteiger partial charge in [-0.05, 0) is 60.0 Å². The number of thiazole rings is 1. The van der Waals surface area contributed by atoms with Crippen LogP contribution < -0.4 is 4.90 Å². The number of sulfonamides is 1. The molecule has 1 fully saturated rings. The lowest BCUT2D eigenvalue weighted by Gasteiger charge is -2.34. The highest BCUT2D eigenvalue weighted by molar-refractivity contribution is 9.10. The van der Waals surface area contributed by atoms with Gasteiger partial charge in [-0.15, -0.1) is 11.3 Å². The fourth-order valence-corrected chi connectivity index (χ4v) is 7.28. The maximum Gasteiger partial charge on any atom is 0.244 e. The lowest BCUT2D eigenvalue weighted by molar-refractivity contribution is 0.384. The van der Waals surface area contributed by atoms with Gasteiger partial charge in [0.15, 0.2) is 5.13 Å². The van der Waals surface area contributed by atoms with E-state index in [1.165, 1.54) is 22.3 Å². The summed E-state index contributed by atoms with van der Waals surface area (Å²) >= 11 is 4.98. The molecular formula is C22H24BrN3O2S2. The van der Waals surface area contributed by atoms with Crippen molar-refractivity contribution in [1.82, 2.24) is 9.29 Å². The molecule has 1 aliphatic heterocycles. The maximum atomic E-state index is 13.0. The minimum absolute atomic E-state index is 0.320. The van der Waals surface area contributed by atoms with Crippen molar-refractivity contribution in [3.05, 3.63) is 62.9 Å². The van der Waals surface area contributed by atoms with E-state index < -0.39 is 10.0 Å². The zero-order valence-corrected chi connectivity index (χ0v) is 20.4. The first-order chi connectivity index (χ1) is 14.3. The van der Waals surface area contributed by atoms with Crippen LogP contribution in [0.5, 0.6) is 0 Å². The van der Waals surface area contributed by atoms with Crippen LogP contribution >= 0.6 is 27.3 Å². The predicted octanol–water partition coefficient (Wildman–Crippen LogP) is 5.01. The van der Waals surface area contributed by atoms with E-state index in [0.29, 0.717) is 35.5 Å². The van der Waals surface area contributed by atoms with Gasteiger partial charge in [0.25, 0.3) is 0 Å². The van der Waals surface area contributed by atoms with Gasteiger partial charge in [-0.2, -0.15) is 4.31 Å². The number of aromatic nitrogens is 1. The van der Waals surface area contributed by atoms with Crippen molar-refractivity contribution in [2.75, 3.05) is 31.1 Å². The van der Waals surface area contributed by atoms with Gasteiger partial charge >= 0.3 is 0 Å². The summed E-state index contributed by atoms with van der Waals surface area (Å²) in [5, 5.41) is 3.05. The molecule has 158 valence electrons. The molecule has 2 heterocycles. The highest BCUT2D eigenvalue weighted by atomic mass is 79.9. The smallest absolute Gasteiger partial charge is 0.244 e. The van der Waals surface area contributed by atoms with Crippen LogP contribution in [0.15, 0.2) is 51.1 Å². The molecular weight excluding hydrogens is 482 g/mol. The zero-order valence-electron chi connectivity index (χ0n) is 17.2. The minimum atomic E-state index is -3.51. The van der Waals surface area contributed by atoms with Crippen molar-refractivity contribution in [3.63, 3.8) is 0 Å². The fraction of sp³-hybridized carbons (Fsp3) is 0.318. The molecule has 30 heavy (non-hydrogen) atoms. The summed E-state index contributed by atoms with van der Waals surface area (Å²) in [6.45, 7) is 8.50. The van der Waals surface area contributed by atoms with Crippen LogP contribution in [-0.4, -0.2) is 43.9 Å². The largest absolute Gasteiger partial charge is 0.345 e. The van der Waals surface area contributed by atoms with Crippen LogP contribution in [0, 0.1) is 20.8 Å². The summed E-state index contributed by atoms with van der Waals surface area (Å²) < 4.78 is 28.2. The Labute approximate surface area is 190 Å². The third kappa shape index (κ3) is 4.06. The summed E-state index contributed by atoms with van der Waals surface area (Å²) in [6, 6.07) is 11.3. The van der Waals surface area contributed by atoms with Gasteiger partial charge in [-0.3, -0.25) is 0 Å². The number of nitrogens with zero attached hydrogens (tertiary/aromatic N) is 3. The van der Waals surface area contributed by atoms with E-state index in [1.54, 1.807) is 33.8 Å². The normalized spacial score (nSPS) is 15.5. The molecule has 0 amide bonds. The average molecular weight is 506 g/mol. The van der Waals surface area contributed by atoms with Gasteiger partial charge in [-0.25, -0.2) is 13.4 Å². The van der Waals surface area contributed by atoms with Gasteiger partial charge in [0.2, 0.25) is 10.0 Å². The Morgan fingerprint density at radius 3 is 2.27 bits per heavy atom. The third-order valence-corrected chi connectivity index (χ3v) is 9.20. The first-order valence-electron chi connectivity index (χ1n) is 9.81. The lowest BCUT2D eigenvalue weighted by atomic mass is 9.98. The summed E-state index contributed by atoms with van der Waals surface area (Å²) in [5.41, 5.74) is 5.90. The van der Waals surface area contributed by atoms with Crippen LogP contribution in [0.1, 0.15) is 16.7 Å². The Hall–Kier alpha value is -1.74. The van der Waals surface area contributed by atoms with Crippen molar-refractivity contribution < 1.29 is 8.42 Å². The molecule has 2 aromatic carbocycles. The summed E-state index contributed by atoms with van der Waals surface area (Å²) in [4.78, 5) is 7.38. The molecule has 0 unspecified atom stereocenters. The monoisotopic (exact) mass is 505 g/mol. The number of benzene rings is 2. The van der Waals surface area contributed by atoms with Crippen LogP contribution in [0.4, 0.5) is 5.13 Å². The number of aryl methyl sites for hydroxylation is 3. The minimum Gasteiger partial charge on any atom is -0.345 e. The summed E-state index contributed by atoms with van der Waals surface area (Å²) in [7, 11) is -3.51. The van der Waals surface area contributed by atoms with Gasteiger partial charge in [0, 0.05) is 41.6 Å². The third-order valence-electron chi connectivity index (χ3n) is 5.39. The standard InChI is InChI=1S/C22H24BrN3O2S2/c1-15-12-16(2)21(17(3)13-15)19-14-29-22(24-19)25-8-10-26(11-9-25)30(27,28)20-7-5-4-6-18(20)23/h4-7,12-14H,8-11H2,1-3H3. The van der Waals surface area contributed by atoms with Crippen molar-refractivity contribution in [2.45, 2.75) is 25.7 Å². The van der Waals surface area contributed by atoms with E-state index in [9.17, 15) is 8.42 Å². The Bertz CT molecular complexity index is 1160. The van der Waals surface area contributed by atoms with E-state index in [4.69, 9.17) is 4.98 Å². The van der Waals surface area contributed by atoms with Gasteiger partial charge in [0.1, 0.15) is 0 Å². The number of rotatable bonds is 4. The van der Waals surface area contributed by atoms with Crippen molar-refractivity contribution in [2.24, 2.45) is 0 Å². The first-order valence-corrected chi connectivity index (χ1v) is 12.9. The topological polar surface area (TPSA) is 53.5 Å². The molecule has 1 aliphatic rings. The Kier molecular flexibility index (Phi) is 6.03. The van der Waals surface area contributed by atoms with Crippen molar-refractivity contribution >= 4 is 42.4 Å². The summed E-state index contributed by atoms with van der Waals surface area (Å²) in [6.07, 6.45) is 0. The van der Waals surface area contributed by atoms with Gasteiger partial charge < -0.3 is 4.90 Å². The second-order valence-corrected chi connectivity index (χ2v) is 11.2. The second kappa shape index (κ2) is 8.42. The molecule has 1 aromatic heterocycles. The zero-order chi connectivity index (χ0) is 21.5. The van der Waals surface area contributed by atoms with Crippen LogP contribution in [0.3, 0.4) is 0 Å². The molecule has 3 aromatic rings. The Morgan fingerprint density at radius 1 is 1.00 bits per heavy atom. The van der Waals surface area contributed by atoms with Crippen LogP contribution in [0.25, 0.3) is 11.3 Å². The number of anilines is 1. The Balaban J connectivity index is 1.50. The van der Waals surface area contributed by atoms with E-state index in [0.717, 1.165) is 10.8 Å². The molecule has 0 aliphatic carbocycles. The Morgan fingerprint density at radius 2 is 1.63 bits per heavy atom. The van der Waals surface area contributed by atoms with Gasteiger partial charge in [0.05, 0.1) is 10.6 Å². The lowest BCUT2D eigenvalue weighted by Crippen LogP contribution is -2.48. The molecule has 0 spiro atoms. The molecule has 8 heteroatoms.